The minimum atomic E-state index is -0.699. The normalized spacial score (nSPS) is 13.4. The standard InChI is InChI=1S/C23H24N4O5/c1-30-16-9-15(10-17(11-16)31-2)22(28)24-21-18-12-27(13-19(18)25-26-21)23(29)20(32-3)14-7-5-4-6-8-14/h4-11,20H,12-13H2,1-3H3,(H2,24,25,26,28)/t20-/m0/s1. The number of rotatable bonds is 7. The van der Waals surface area contributed by atoms with Gasteiger partial charge in [-0.15, -0.1) is 0 Å². The van der Waals surface area contributed by atoms with Crippen molar-refractivity contribution in [3.05, 3.63) is 70.9 Å². The van der Waals surface area contributed by atoms with E-state index in [0.29, 0.717) is 36.0 Å². The highest BCUT2D eigenvalue weighted by molar-refractivity contribution is 6.04. The number of nitrogens with one attached hydrogen (secondary N) is 2. The first kappa shape index (κ1) is 21.4. The van der Waals surface area contributed by atoms with Gasteiger partial charge in [-0.1, -0.05) is 30.3 Å². The van der Waals surface area contributed by atoms with Crippen LogP contribution in [0.2, 0.25) is 0 Å². The van der Waals surface area contributed by atoms with Crippen LogP contribution in [-0.2, 0) is 22.6 Å². The number of ether oxygens (including phenoxy) is 3. The van der Waals surface area contributed by atoms with Gasteiger partial charge < -0.3 is 24.4 Å². The van der Waals surface area contributed by atoms with Crippen LogP contribution in [0.1, 0.15) is 33.3 Å². The molecule has 9 nitrogen and oxygen atoms in total. The fraction of sp³-hybridized carbons (Fsp3) is 0.261. The summed E-state index contributed by atoms with van der Waals surface area (Å²) in [6.45, 7) is 0.672. The van der Waals surface area contributed by atoms with E-state index < -0.39 is 6.10 Å². The first-order valence-electron chi connectivity index (χ1n) is 10.0. The third-order valence-corrected chi connectivity index (χ3v) is 5.37. The molecule has 166 valence electrons. The minimum absolute atomic E-state index is 0.155. The van der Waals surface area contributed by atoms with Crippen LogP contribution in [0.15, 0.2) is 48.5 Å². The van der Waals surface area contributed by atoms with Crippen LogP contribution in [0, 0.1) is 0 Å². The number of hydrogen-bond acceptors (Lipinski definition) is 6. The summed E-state index contributed by atoms with van der Waals surface area (Å²) in [5, 5.41) is 9.95. The number of hydrogen-bond donors (Lipinski definition) is 2. The van der Waals surface area contributed by atoms with E-state index in [1.54, 1.807) is 23.1 Å². The third kappa shape index (κ3) is 4.15. The van der Waals surface area contributed by atoms with Gasteiger partial charge in [-0.3, -0.25) is 14.7 Å². The highest BCUT2D eigenvalue weighted by Crippen LogP contribution is 2.31. The molecule has 9 heteroatoms. The summed E-state index contributed by atoms with van der Waals surface area (Å²) in [7, 11) is 4.55. The Morgan fingerprint density at radius 2 is 1.72 bits per heavy atom. The molecular weight excluding hydrogens is 412 g/mol. The molecule has 2 amide bonds. The van der Waals surface area contributed by atoms with Crippen molar-refractivity contribution in [3.63, 3.8) is 0 Å². The van der Waals surface area contributed by atoms with E-state index in [0.717, 1.165) is 16.8 Å². The average molecular weight is 436 g/mol. The summed E-state index contributed by atoms with van der Waals surface area (Å²) in [5.41, 5.74) is 2.70. The minimum Gasteiger partial charge on any atom is -0.497 e. The molecule has 1 aromatic heterocycles. The van der Waals surface area contributed by atoms with Gasteiger partial charge in [0.1, 0.15) is 11.5 Å². The number of anilines is 1. The average Bonchev–Trinajstić information content (AvgIpc) is 3.41. The van der Waals surface area contributed by atoms with Gasteiger partial charge in [-0.2, -0.15) is 5.10 Å². The molecule has 1 atom stereocenters. The lowest BCUT2D eigenvalue weighted by molar-refractivity contribution is -0.143. The predicted octanol–water partition coefficient (Wildman–Crippen LogP) is 2.91. The van der Waals surface area contributed by atoms with Crippen molar-refractivity contribution in [1.82, 2.24) is 15.1 Å². The number of H-pyrrole nitrogens is 1. The summed E-state index contributed by atoms with van der Waals surface area (Å²) < 4.78 is 15.9. The van der Waals surface area contributed by atoms with Gasteiger partial charge >= 0.3 is 0 Å². The molecule has 0 spiro atoms. The molecule has 1 aliphatic heterocycles. The van der Waals surface area contributed by atoms with E-state index in [2.05, 4.69) is 15.5 Å². The Labute approximate surface area is 185 Å². The summed E-state index contributed by atoms with van der Waals surface area (Å²) in [4.78, 5) is 27.6. The molecule has 2 heterocycles. The molecule has 0 radical (unpaired) electrons. The Hall–Kier alpha value is -3.85. The number of benzene rings is 2. The zero-order valence-electron chi connectivity index (χ0n) is 18.0. The van der Waals surface area contributed by atoms with E-state index in [-0.39, 0.29) is 11.8 Å². The Morgan fingerprint density at radius 3 is 2.34 bits per heavy atom. The monoisotopic (exact) mass is 436 g/mol. The van der Waals surface area contributed by atoms with Gasteiger partial charge in [-0.05, 0) is 17.7 Å². The first-order chi connectivity index (χ1) is 15.5. The Morgan fingerprint density at radius 1 is 1.03 bits per heavy atom. The van der Waals surface area contributed by atoms with E-state index in [1.165, 1.54) is 21.3 Å². The van der Waals surface area contributed by atoms with E-state index in [4.69, 9.17) is 14.2 Å². The van der Waals surface area contributed by atoms with Crippen LogP contribution in [0.3, 0.4) is 0 Å². The maximum atomic E-state index is 13.1. The lowest BCUT2D eigenvalue weighted by Gasteiger charge is -2.22. The third-order valence-electron chi connectivity index (χ3n) is 5.37. The maximum Gasteiger partial charge on any atom is 0.257 e. The number of aromatic amines is 1. The molecule has 0 saturated carbocycles. The van der Waals surface area contributed by atoms with E-state index in [1.807, 2.05) is 30.3 Å². The topological polar surface area (TPSA) is 106 Å². The Balaban J connectivity index is 1.49. The molecule has 0 saturated heterocycles. The van der Waals surface area contributed by atoms with Gasteiger partial charge in [0.15, 0.2) is 11.9 Å². The summed E-state index contributed by atoms with van der Waals surface area (Å²) in [6, 6.07) is 14.3. The molecule has 0 aliphatic carbocycles. The summed E-state index contributed by atoms with van der Waals surface area (Å²) in [6.07, 6.45) is -0.699. The summed E-state index contributed by atoms with van der Waals surface area (Å²) >= 11 is 0. The smallest absolute Gasteiger partial charge is 0.257 e. The lowest BCUT2D eigenvalue weighted by Crippen LogP contribution is -2.32. The lowest BCUT2D eigenvalue weighted by atomic mass is 10.1. The van der Waals surface area contributed by atoms with Crippen molar-refractivity contribution in [2.24, 2.45) is 0 Å². The number of aromatic nitrogens is 2. The molecule has 32 heavy (non-hydrogen) atoms. The van der Waals surface area contributed by atoms with Crippen molar-refractivity contribution in [1.29, 1.82) is 0 Å². The highest BCUT2D eigenvalue weighted by Gasteiger charge is 2.33. The van der Waals surface area contributed by atoms with E-state index in [9.17, 15) is 9.59 Å². The second kappa shape index (κ2) is 9.11. The number of amides is 2. The second-order valence-electron chi connectivity index (χ2n) is 7.31. The molecular formula is C23H24N4O5. The number of methoxy groups -OCH3 is 3. The van der Waals surface area contributed by atoms with Gasteiger partial charge in [0, 0.05) is 24.3 Å². The Bertz CT molecular complexity index is 1110. The highest BCUT2D eigenvalue weighted by atomic mass is 16.5. The van der Waals surface area contributed by atoms with Crippen LogP contribution in [0.25, 0.3) is 0 Å². The zero-order chi connectivity index (χ0) is 22.7. The molecule has 0 bridgehead atoms. The fourth-order valence-electron chi connectivity index (χ4n) is 3.69. The zero-order valence-corrected chi connectivity index (χ0v) is 18.0. The molecule has 0 unspecified atom stereocenters. The van der Waals surface area contributed by atoms with Gasteiger partial charge in [0.25, 0.3) is 11.8 Å². The van der Waals surface area contributed by atoms with Crippen molar-refractivity contribution < 1.29 is 23.8 Å². The van der Waals surface area contributed by atoms with Crippen molar-refractivity contribution >= 4 is 17.6 Å². The molecule has 4 rings (SSSR count). The number of nitrogens with zero attached hydrogens (tertiary/aromatic N) is 2. The molecule has 2 aromatic carbocycles. The van der Waals surface area contributed by atoms with Gasteiger partial charge in [0.2, 0.25) is 0 Å². The number of fused-ring (bicyclic) bond motifs is 1. The quantitative estimate of drug-likeness (QED) is 0.590. The van der Waals surface area contributed by atoms with Gasteiger partial charge in [0.05, 0.1) is 33.0 Å². The Kier molecular flexibility index (Phi) is 6.09. The van der Waals surface area contributed by atoms with Crippen molar-refractivity contribution in [2.45, 2.75) is 19.2 Å². The molecule has 1 aliphatic rings. The van der Waals surface area contributed by atoms with Crippen LogP contribution in [-0.4, -0.2) is 48.2 Å². The molecule has 2 N–H and O–H groups in total. The SMILES string of the molecule is COc1cc(OC)cc(C(=O)Nc2n[nH]c3c2CN(C(=O)[C@@H](OC)c2ccccc2)C3)c1. The number of carbonyl (C=O) groups is 2. The van der Waals surface area contributed by atoms with Crippen LogP contribution < -0.4 is 14.8 Å². The van der Waals surface area contributed by atoms with Crippen LogP contribution >= 0.6 is 0 Å². The first-order valence-corrected chi connectivity index (χ1v) is 10.0. The van der Waals surface area contributed by atoms with Crippen molar-refractivity contribution in [2.75, 3.05) is 26.6 Å². The second-order valence-corrected chi connectivity index (χ2v) is 7.31. The summed E-state index contributed by atoms with van der Waals surface area (Å²) in [5.74, 6) is 0.879. The fourth-order valence-corrected chi connectivity index (χ4v) is 3.69. The maximum absolute atomic E-state index is 13.1. The van der Waals surface area contributed by atoms with Crippen LogP contribution in [0.5, 0.6) is 11.5 Å². The predicted molar refractivity (Wildman–Crippen MR) is 117 cm³/mol. The van der Waals surface area contributed by atoms with E-state index >= 15 is 0 Å². The largest absolute Gasteiger partial charge is 0.497 e. The number of carbonyl (C=O) groups excluding carboxylic acids is 2. The van der Waals surface area contributed by atoms with Crippen LogP contribution in [0.4, 0.5) is 5.82 Å². The molecule has 3 aromatic rings. The molecule has 0 fully saturated rings. The van der Waals surface area contributed by atoms with Crippen molar-refractivity contribution in [3.8, 4) is 11.5 Å². The van der Waals surface area contributed by atoms with Gasteiger partial charge in [-0.25, -0.2) is 0 Å².